The second-order valence-corrected chi connectivity index (χ2v) is 7.36. The van der Waals surface area contributed by atoms with E-state index in [2.05, 4.69) is 10.2 Å². The normalized spacial score (nSPS) is 13.7. The number of pyridine rings is 1. The molecule has 1 aliphatic heterocycles. The highest BCUT2D eigenvalue weighted by molar-refractivity contribution is 6.06. The number of likely N-dealkylation sites (N-methyl/N-ethyl adjacent to an activating group) is 1. The van der Waals surface area contributed by atoms with Crippen molar-refractivity contribution < 1.29 is 14.3 Å². The van der Waals surface area contributed by atoms with E-state index in [0.717, 1.165) is 40.7 Å². The molecule has 6 heteroatoms. The van der Waals surface area contributed by atoms with Crippen LogP contribution in [0.5, 0.6) is 0 Å². The lowest BCUT2D eigenvalue weighted by Gasteiger charge is -2.26. The Bertz CT molecular complexity index is 1090. The highest BCUT2D eigenvalue weighted by Gasteiger charge is 2.25. The van der Waals surface area contributed by atoms with Crippen LogP contribution in [0.25, 0.3) is 10.9 Å². The third kappa shape index (κ3) is 3.98. The summed E-state index contributed by atoms with van der Waals surface area (Å²) in [6.45, 7) is 3.10. The topological polar surface area (TPSA) is 71.5 Å². The predicted octanol–water partition coefficient (Wildman–Crippen LogP) is 3.33. The molecule has 0 spiro atoms. The molecule has 1 aromatic heterocycles. The average Bonchev–Trinajstić information content (AvgIpc) is 2.72. The van der Waals surface area contributed by atoms with Crippen LogP contribution in [0.3, 0.4) is 0 Å². The van der Waals surface area contributed by atoms with Gasteiger partial charge in [-0.2, -0.15) is 0 Å². The quantitative estimate of drug-likeness (QED) is 0.693. The number of nitrogens with zero attached hydrogens (tertiary/aromatic N) is 2. The number of carbonyl (C=O) groups excluding carboxylic acids is 2. The summed E-state index contributed by atoms with van der Waals surface area (Å²) in [7, 11) is 2.02. The summed E-state index contributed by atoms with van der Waals surface area (Å²) in [5.41, 5.74) is 4.76. The van der Waals surface area contributed by atoms with Crippen LogP contribution in [0.1, 0.15) is 27.2 Å². The van der Waals surface area contributed by atoms with Gasteiger partial charge in [0.1, 0.15) is 0 Å². The molecule has 6 nitrogen and oxygen atoms in total. The number of aryl methyl sites for hydroxylation is 1. The summed E-state index contributed by atoms with van der Waals surface area (Å²) in [5, 5.41) is 3.54. The molecular formula is C23H23N3O3. The first kappa shape index (κ1) is 19.1. The molecule has 148 valence electrons. The summed E-state index contributed by atoms with van der Waals surface area (Å²) in [4.78, 5) is 32.2. The van der Waals surface area contributed by atoms with Gasteiger partial charge in [0.2, 0.25) is 0 Å². The predicted molar refractivity (Wildman–Crippen MR) is 112 cm³/mol. The van der Waals surface area contributed by atoms with Crippen molar-refractivity contribution in [3.63, 3.8) is 0 Å². The van der Waals surface area contributed by atoms with E-state index >= 15 is 0 Å². The molecule has 0 fully saturated rings. The first-order chi connectivity index (χ1) is 14.0. The molecule has 0 aliphatic carbocycles. The third-order valence-corrected chi connectivity index (χ3v) is 5.19. The molecule has 3 aromatic rings. The molecule has 0 saturated heterocycles. The summed E-state index contributed by atoms with van der Waals surface area (Å²) < 4.78 is 5.41. The molecule has 29 heavy (non-hydrogen) atoms. The molecule has 1 aliphatic rings. The Kier molecular flexibility index (Phi) is 5.27. The Morgan fingerprint density at radius 1 is 1.14 bits per heavy atom. The fourth-order valence-electron chi connectivity index (χ4n) is 3.66. The van der Waals surface area contributed by atoms with Gasteiger partial charge in [0, 0.05) is 41.8 Å². The number of aromatic nitrogens is 1. The molecule has 2 aromatic carbocycles. The number of para-hydroxylation sites is 2. The van der Waals surface area contributed by atoms with Crippen LogP contribution in [0.4, 0.5) is 5.69 Å². The van der Waals surface area contributed by atoms with E-state index in [0.29, 0.717) is 17.8 Å². The maximum atomic E-state index is 13.0. The number of hydrogen-bond acceptors (Lipinski definition) is 5. The summed E-state index contributed by atoms with van der Waals surface area (Å²) in [5.74, 6) is -0.855. The largest absolute Gasteiger partial charge is 0.452 e. The first-order valence-electron chi connectivity index (χ1n) is 9.64. The van der Waals surface area contributed by atoms with Crippen LogP contribution < -0.4 is 5.32 Å². The van der Waals surface area contributed by atoms with Gasteiger partial charge in [-0.15, -0.1) is 0 Å². The number of nitrogens with one attached hydrogen (secondary N) is 1. The summed E-state index contributed by atoms with van der Waals surface area (Å²) in [6, 6.07) is 15.0. The summed E-state index contributed by atoms with van der Waals surface area (Å²) >= 11 is 0. The number of anilines is 1. The standard InChI is InChI=1S/C23H23N3O3/c1-15-7-3-5-9-18(15)25-21(27)14-29-23(28)22-16-8-4-6-10-19(16)24-20-11-12-26(2)13-17(20)22/h3-10H,11-14H2,1-2H3,(H,25,27). The number of hydrogen-bond donors (Lipinski definition) is 1. The van der Waals surface area contributed by atoms with Crippen molar-refractivity contribution >= 4 is 28.5 Å². The maximum absolute atomic E-state index is 13.0. The van der Waals surface area contributed by atoms with Crippen LogP contribution in [0.15, 0.2) is 48.5 Å². The number of ether oxygens (including phenoxy) is 1. The van der Waals surface area contributed by atoms with Crippen molar-refractivity contribution in [2.45, 2.75) is 19.9 Å². The zero-order chi connectivity index (χ0) is 20.4. The molecule has 1 N–H and O–H groups in total. The van der Waals surface area contributed by atoms with E-state index in [-0.39, 0.29) is 12.5 Å². The fourth-order valence-corrected chi connectivity index (χ4v) is 3.66. The van der Waals surface area contributed by atoms with Gasteiger partial charge >= 0.3 is 5.97 Å². The average molecular weight is 389 g/mol. The Hall–Kier alpha value is -3.25. The number of rotatable bonds is 4. The van der Waals surface area contributed by atoms with E-state index in [9.17, 15) is 9.59 Å². The van der Waals surface area contributed by atoms with Crippen molar-refractivity contribution in [2.24, 2.45) is 0 Å². The molecule has 2 heterocycles. The highest BCUT2D eigenvalue weighted by Crippen LogP contribution is 2.28. The van der Waals surface area contributed by atoms with Crippen molar-refractivity contribution in [3.05, 3.63) is 70.9 Å². The number of benzene rings is 2. The van der Waals surface area contributed by atoms with Crippen LogP contribution >= 0.6 is 0 Å². The molecular weight excluding hydrogens is 366 g/mol. The smallest absolute Gasteiger partial charge is 0.339 e. The van der Waals surface area contributed by atoms with Gasteiger partial charge in [0.15, 0.2) is 6.61 Å². The monoisotopic (exact) mass is 389 g/mol. The molecule has 0 radical (unpaired) electrons. The highest BCUT2D eigenvalue weighted by atomic mass is 16.5. The second-order valence-electron chi connectivity index (χ2n) is 7.36. The van der Waals surface area contributed by atoms with Crippen LogP contribution in [-0.2, 0) is 22.5 Å². The van der Waals surface area contributed by atoms with Gasteiger partial charge in [-0.3, -0.25) is 9.78 Å². The van der Waals surface area contributed by atoms with E-state index < -0.39 is 5.97 Å². The number of carbonyl (C=O) groups is 2. The molecule has 0 unspecified atom stereocenters. The van der Waals surface area contributed by atoms with Crippen molar-refractivity contribution in [1.29, 1.82) is 0 Å². The van der Waals surface area contributed by atoms with E-state index in [4.69, 9.17) is 9.72 Å². The minimum atomic E-state index is -0.491. The zero-order valence-electron chi connectivity index (χ0n) is 16.6. The van der Waals surface area contributed by atoms with Gasteiger partial charge < -0.3 is 15.0 Å². The van der Waals surface area contributed by atoms with Gasteiger partial charge in [0.05, 0.1) is 11.1 Å². The SMILES string of the molecule is Cc1ccccc1NC(=O)COC(=O)c1c2c(nc3ccccc13)CCN(C)C2. The number of esters is 1. The maximum Gasteiger partial charge on any atom is 0.339 e. The molecule has 1 amide bonds. The van der Waals surface area contributed by atoms with Crippen LogP contribution in [0, 0.1) is 6.92 Å². The molecule has 0 atom stereocenters. The molecule has 4 rings (SSSR count). The van der Waals surface area contributed by atoms with E-state index in [1.807, 2.05) is 62.5 Å². The van der Waals surface area contributed by atoms with Gasteiger partial charge in [-0.1, -0.05) is 36.4 Å². The van der Waals surface area contributed by atoms with Gasteiger partial charge in [-0.25, -0.2) is 4.79 Å². The third-order valence-electron chi connectivity index (χ3n) is 5.19. The lowest BCUT2D eigenvalue weighted by atomic mass is 9.96. The Morgan fingerprint density at radius 2 is 1.90 bits per heavy atom. The fraction of sp³-hybridized carbons (Fsp3) is 0.261. The van der Waals surface area contributed by atoms with Crippen molar-refractivity contribution in [2.75, 3.05) is 25.5 Å². The number of amides is 1. The van der Waals surface area contributed by atoms with Gasteiger partial charge in [-0.05, 0) is 31.7 Å². The Morgan fingerprint density at radius 3 is 2.72 bits per heavy atom. The van der Waals surface area contributed by atoms with Crippen LogP contribution in [-0.4, -0.2) is 42.0 Å². The van der Waals surface area contributed by atoms with Crippen molar-refractivity contribution in [1.82, 2.24) is 9.88 Å². The molecule has 0 bridgehead atoms. The second kappa shape index (κ2) is 8.01. The van der Waals surface area contributed by atoms with E-state index in [1.54, 1.807) is 0 Å². The molecule has 0 saturated carbocycles. The lowest BCUT2D eigenvalue weighted by Crippen LogP contribution is -2.30. The summed E-state index contributed by atoms with van der Waals surface area (Å²) in [6.07, 6.45) is 0.782. The lowest BCUT2D eigenvalue weighted by molar-refractivity contribution is -0.119. The first-order valence-corrected chi connectivity index (χ1v) is 9.64. The van der Waals surface area contributed by atoms with Crippen LogP contribution in [0.2, 0.25) is 0 Å². The number of fused-ring (bicyclic) bond motifs is 2. The minimum absolute atomic E-state index is 0.339. The minimum Gasteiger partial charge on any atom is -0.452 e. The van der Waals surface area contributed by atoms with Crippen molar-refractivity contribution in [3.8, 4) is 0 Å². The van der Waals surface area contributed by atoms with E-state index in [1.165, 1.54) is 0 Å². The zero-order valence-corrected chi connectivity index (χ0v) is 16.6. The Balaban J connectivity index is 1.57. The Labute approximate surface area is 169 Å². The van der Waals surface area contributed by atoms with Gasteiger partial charge in [0.25, 0.3) is 5.91 Å².